The molecule has 0 fully saturated rings. The number of nitrogens with one attached hydrogen (secondary N) is 1. The van der Waals surface area contributed by atoms with Crippen molar-refractivity contribution in [2.75, 3.05) is 5.32 Å². The number of alkyl halides is 2. The largest absolute Gasteiger partial charge is 0.379 e. The summed E-state index contributed by atoms with van der Waals surface area (Å²) >= 11 is 0.541. The third kappa shape index (κ3) is 4.70. The number of aromatic nitrogens is 3. The minimum absolute atomic E-state index is 0.0978. The van der Waals surface area contributed by atoms with Gasteiger partial charge in [0.25, 0.3) is 5.76 Å². The minimum Gasteiger partial charge on any atom is -0.379 e. The lowest BCUT2D eigenvalue weighted by atomic mass is 10.1. The normalized spacial score (nSPS) is 11.9. The Morgan fingerprint density at radius 1 is 1.24 bits per heavy atom. The molecule has 2 rings (SSSR count). The average Bonchev–Trinajstić information content (AvgIpc) is 2.86. The van der Waals surface area contributed by atoms with Crippen molar-refractivity contribution in [2.45, 2.75) is 43.5 Å². The van der Waals surface area contributed by atoms with Crippen molar-refractivity contribution in [3.63, 3.8) is 0 Å². The Hall–Kier alpha value is -1.63. The highest BCUT2D eigenvalue weighted by Gasteiger charge is 2.14. The Kier molecular flexibility index (Phi) is 4.82. The third-order valence-corrected chi connectivity index (χ3v) is 3.50. The Bertz CT molecular complexity index is 575. The fourth-order valence-corrected chi connectivity index (χ4v) is 2.15. The minimum atomic E-state index is -2.39. The molecule has 0 spiro atoms. The van der Waals surface area contributed by atoms with E-state index in [2.05, 4.69) is 36.4 Å². The highest BCUT2D eigenvalue weighted by Crippen LogP contribution is 2.26. The van der Waals surface area contributed by atoms with Gasteiger partial charge in [-0.1, -0.05) is 17.0 Å². The van der Waals surface area contributed by atoms with E-state index < -0.39 is 5.76 Å². The lowest BCUT2D eigenvalue weighted by molar-refractivity contribution is 0.252. The molecule has 0 aliphatic rings. The van der Waals surface area contributed by atoms with Gasteiger partial charge in [-0.2, -0.15) is 8.78 Å². The number of halogens is 2. The number of benzene rings is 1. The van der Waals surface area contributed by atoms with Gasteiger partial charge in [-0.3, -0.25) is 0 Å². The van der Waals surface area contributed by atoms with Crippen LogP contribution >= 0.6 is 11.8 Å². The molecule has 2 aromatic rings. The smallest absolute Gasteiger partial charge is 0.288 e. The molecule has 0 radical (unpaired) electrons. The average molecular weight is 312 g/mol. The van der Waals surface area contributed by atoms with E-state index >= 15 is 0 Å². The molecule has 0 aliphatic heterocycles. The zero-order valence-electron chi connectivity index (χ0n) is 12.2. The third-order valence-electron chi connectivity index (χ3n) is 2.78. The molecule has 1 aromatic carbocycles. The van der Waals surface area contributed by atoms with E-state index in [1.54, 1.807) is 24.3 Å². The van der Waals surface area contributed by atoms with Crippen LogP contribution in [0, 0.1) is 0 Å². The zero-order valence-corrected chi connectivity index (χ0v) is 13.0. The van der Waals surface area contributed by atoms with Crippen molar-refractivity contribution in [3.8, 4) is 0 Å². The summed E-state index contributed by atoms with van der Waals surface area (Å²) in [7, 11) is 0. The number of hydrogen-bond donors (Lipinski definition) is 1. The molecule has 1 N–H and O–H groups in total. The first kappa shape index (κ1) is 15.8. The number of hydrogen-bond acceptors (Lipinski definition) is 4. The van der Waals surface area contributed by atoms with Gasteiger partial charge in [-0.05, 0) is 45.0 Å². The highest BCUT2D eigenvalue weighted by molar-refractivity contribution is 7.99. The van der Waals surface area contributed by atoms with Gasteiger partial charge in [0.05, 0.1) is 18.3 Å². The van der Waals surface area contributed by atoms with E-state index in [4.69, 9.17) is 0 Å². The van der Waals surface area contributed by atoms with Crippen LogP contribution in [0.25, 0.3) is 0 Å². The van der Waals surface area contributed by atoms with E-state index in [0.717, 1.165) is 11.4 Å². The molecule has 21 heavy (non-hydrogen) atoms. The van der Waals surface area contributed by atoms with Gasteiger partial charge in [-0.15, -0.1) is 5.10 Å². The maximum atomic E-state index is 12.2. The summed E-state index contributed by atoms with van der Waals surface area (Å²) in [6.07, 6.45) is 1.90. The standard InChI is InChI=1S/C14H18F2N4S/c1-14(2,3)20-9-11(18-19-20)8-17-10-4-6-12(7-5-10)21-13(15)16/h4-7,9,13,17H,8H2,1-3H3. The van der Waals surface area contributed by atoms with E-state index in [-0.39, 0.29) is 5.54 Å². The summed E-state index contributed by atoms with van der Waals surface area (Å²) in [6, 6.07) is 6.90. The van der Waals surface area contributed by atoms with Crippen LogP contribution in [0.15, 0.2) is 35.4 Å². The van der Waals surface area contributed by atoms with Crippen LogP contribution in [-0.2, 0) is 12.1 Å². The predicted octanol–water partition coefficient (Wildman–Crippen LogP) is 3.96. The van der Waals surface area contributed by atoms with Gasteiger partial charge < -0.3 is 5.32 Å². The number of thioether (sulfide) groups is 1. The quantitative estimate of drug-likeness (QED) is 0.849. The van der Waals surface area contributed by atoms with Crippen molar-refractivity contribution in [3.05, 3.63) is 36.2 Å². The summed E-state index contributed by atoms with van der Waals surface area (Å²) < 4.78 is 26.2. The van der Waals surface area contributed by atoms with E-state index in [0.29, 0.717) is 23.2 Å². The zero-order chi connectivity index (χ0) is 15.5. The van der Waals surface area contributed by atoms with Crippen LogP contribution in [0.1, 0.15) is 26.5 Å². The van der Waals surface area contributed by atoms with E-state index in [9.17, 15) is 8.78 Å². The fourth-order valence-electron chi connectivity index (χ4n) is 1.65. The van der Waals surface area contributed by atoms with Crippen molar-refractivity contribution in [1.29, 1.82) is 0 Å². The molecular weight excluding hydrogens is 294 g/mol. The van der Waals surface area contributed by atoms with Gasteiger partial charge in [0.15, 0.2) is 0 Å². The molecule has 114 valence electrons. The Labute approximate surface area is 126 Å². The van der Waals surface area contributed by atoms with Gasteiger partial charge in [-0.25, -0.2) is 4.68 Å². The second-order valence-electron chi connectivity index (χ2n) is 5.58. The molecule has 0 bridgehead atoms. The van der Waals surface area contributed by atoms with Gasteiger partial charge in [0, 0.05) is 10.6 Å². The molecule has 0 saturated carbocycles. The number of nitrogens with zero attached hydrogens (tertiary/aromatic N) is 3. The summed E-state index contributed by atoms with van der Waals surface area (Å²) in [4.78, 5) is 0.550. The first-order chi connectivity index (χ1) is 9.84. The summed E-state index contributed by atoms with van der Waals surface area (Å²) in [5.41, 5.74) is 1.59. The summed E-state index contributed by atoms with van der Waals surface area (Å²) in [5, 5.41) is 11.4. The van der Waals surface area contributed by atoms with Crippen LogP contribution in [-0.4, -0.2) is 20.8 Å². The maximum Gasteiger partial charge on any atom is 0.288 e. The lowest BCUT2D eigenvalue weighted by Gasteiger charge is -2.17. The van der Waals surface area contributed by atoms with Crippen LogP contribution in [0.2, 0.25) is 0 Å². The molecule has 0 atom stereocenters. The van der Waals surface area contributed by atoms with Crippen molar-refractivity contribution >= 4 is 17.4 Å². The maximum absolute atomic E-state index is 12.2. The number of anilines is 1. The number of rotatable bonds is 5. The first-order valence-electron chi connectivity index (χ1n) is 6.55. The highest BCUT2D eigenvalue weighted by atomic mass is 32.2. The molecule has 0 saturated heterocycles. The molecule has 0 amide bonds. The molecule has 0 aliphatic carbocycles. The van der Waals surface area contributed by atoms with Crippen LogP contribution in [0.3, 0.4) is 0 Å². The van der Waals surface area contributed by atoms with Gasteiger partial charge >= 0.3 is 0 Å². The summed E-state index contributed by atoms with van der Waals surface area (Å²) in [6.45, 7) is 6.70. The second kappa shape index (κ2) is 6.43. The molecule has 1 heterocycles. The fraction of sp³-hybridized carbons (Fsp3) is 0.429. The van der Waals surface area contributed by atoms with Crippen LogP contribution in [0.4, 0.5) is 14.5 Å². The van der Waals surface area contributed by atoms with Crippen LogP contribution < -0.4 is 5.32 Å². The lowest BCUT2D eigenvalue weighted by Crippen LogP contribution is -2.22. The molecular formula is C14H18F2N4S. The second-order valence-corrected chi connectivity index (χ2v) is 6.65. The topological polar surface area (TPSA) is 42.7 Å². The van der Waals surface area contributed by atoms with Crippen molar-refractivity contribution in [1.82, 2.24) is 15.0 Å². The SMILES string of the molecule is CC(C)(C)n1cc(CNc2ccc(SC(F)F)cc2)nn1. The molecule has 1 aromatic heterocycles. The Morgan fingerprint density at radius 2 is 1.90 bits per heavy atom. The van der Waals surface area contributed by atoms with Crippen molar-refractivity contribution < 1.29 is 8.78 Å². The van der Waals surface area contributed by atoms with Gasteiger partial charge in [0.1, 0.15) is 5.69 Å². The van der Waals surface area contributed by atoms with E-state index in [1.807, 2.05) is 10.9 Å². The Morgan fingerprint density at radius 3 is 2.43 bits per heavy atom. The molecule has 4 nitrogen and oxygen atoms in total. The molecule has 0 unspecified atom stereocenters. The Balaban J connectivity index is 1.92. The van der Waals surface area contributed by atoms with Crippen molar-refractivity contribution in [2.24, 2.45) is 0 Å². The molecule has 7 heteroatoms. The van der Waals surface area contributed by atoms with Crippen LogP contribution in [0.5, 0.6) is 0 Å². The van der Waals surface area contributed by atoms with Gasteiger partial charge in [0.2, 0.25) is 0 Å². The monoisotopic (exact) mass is 312 g/mol. The predicted molar refractivity (Wildman–Crippen MR) is 80.6 cm³/mol. The first-order valence-corrected chi connectivity index (χ1v) is 7.43. The van der Waals surface area contributed by atoms with E-state index in [1.165, 1.54) is 0 Å². The summed E-state index contributed by atoms with van der Waals surface area (Å²) in [5.74, 6) is -2.39.